The van der Waals surface area contributed by atoms with Crippen molar-refractivity contribution in [3.8, 4) is 0 Å². The van der Waals surface area contributed by atoms with Gasteiger partial charge in [-0.1, -0.05) is 19.3 Å². The Labute approximate surface area is 103 Å². The van der Waals surface area contributed by atoms with Crippen molar-refractivity contribution >= 4 is 5.91 Å². The summed E-state index contributed by atoms with van der Waals surface area (Å²) < 4.78 is 5.86. The van der Waals surface area contributed by atoms with Crippen molar-refractivity contribution in [1.29, 1.82) is 0 Å². The first-order valence-electron chi connectivity index (χ1n) is 6.76. The van der Waals surface area contributed by atoms with Crippen molar-refractivity contribution in [2.75, 3.05) is 20.2 Å². The van der Waals surface area contributed by atoms with Crippen LogP contribution in [-0.4, -0.2) is 42.6 Å². The lowest BCUT2D eigenvalue weighted by Crippen LogP contribution is -2.45. The second kappa shape index (κ2) is 5.36. The Morgan fingerprint density at radius 1 is 1.35 bits per heavy atom. The summed E-state index contributed by atoms with van der Waals surface area (Å²) in [5, 5.41) is 0. The standard InChI is InChI=1S/C13H24N2O2/c1-15(11-5-6-11)12(16)9-17-13(10-14)7-3-2-4-8-13/h11H,2-10,14H2,1H3. The van der Waals surface area contributed by atoms with Gasteiger partial charge in [0.15, 0.2) is 0 Å². The van der Waals surface area contributed by atoms with Gasteiger partial charge in [0, 0.05) is 19.6 Å². The van der Waals surface area contributed by atoms with E-state index in [-0.39, 0.29) is 18.1 Å². The maximum atomic E-state index is 11.9. The van der Waals surface area contributed by atoms with Gasteiger partial charge in [-0.25, -0.2) is 0 Å². The molecule has 2 aliphatic carbocycles. The molecule has 0 bridgehead atoms. The molecule has 2 aliphatic rings. The van der Waals surface area contributed by atoms with Crippen molar-refractivity contribution in [2.24, 2.45) is 5.73 Å². The number of carbonyl (C=O) groups is 1. The molecule has 2 fully saturated rings. The van der Waals surface area contributed by atoms with Gasteiger partial charge in [0.1, 0.15) is 6.61 Å². The van der Waals surface area contributed by atoms with Crippen LogP contribution in [0.25, 0.3) is 0 Å². The number of hydrogen-bond donors (Lipinski definition) is 1. The number of rotatable bonds is 5. The third-order valence-corrected chi connectivity index (χ3v) is 4.13. The van der Waals surface area contributed by atoms with Crippen LogP contribution in [-0.2, 0) is 9.53 Å². The molecular formula is C13H24N2O2. The van der Waals surface area contributed by atoms with Crippen LogP contribution in [0.15, 0.2) is 0 Å². The van der Waals surface area contributed by atoms with Gasteiger partial charge in [0.25, 0.3) is 0 Å². The molecule has 0 aromatic carbocycles. The maximum Gasteiger partial charge on any atom is 0.248 e. The Hall–Kier alpha value is -0.610. The zero-order valence-electron chi connectivity index (χ0n) is 10.8. The summed E-state index contributed by atoms with van der Waals surface area (Å²) in [6.45, 7) is 0.734. The topological polar surface area (TPSA) is 55.6 Å². The average Bonchev–Trinajstić information content (AvgIpc) is 3.20. The highest BCUT2D eigenvalue weighted by atomic mass is 16.5. The van der Waals surface area contributed by atoms with Crippen LogP contribution in [0.4, 0.5) is 0 Å². The van der Waals surface area contributed by atoms with E-state index in [0.29, 0.717) is 12.6 Å². The minimum Gasteiger partial charge on any atom is -0.364 e. The van der Waals surface area contributed by atoms with Crippen molar-refractivity contribution in [1.82, 2.24) is 4.90 Å². The molecule has 4 heteroatoms. The highest BCUT2D eigenvalue weighted by molar-refractivity contribution is 5.77. The van der Waals surface area contributed by atoms with Gasteiger partial charge in [-0.3, -0.25) is 4.79 Å². The molecule has 0 aliphatic heterocycles. The second-order valence-corrected chi connectivity index (χ2v) is 5.47. The lowest BCUT2D eigenvalue weighted by Gasteiger charge is -2.36. The first-order valence-corrected chi connectivity index (χ1v) is 6.76. The van der Waals surface area contributed by atoms with Gasteiger partial charge < -0.3 is 15.4 Å². The summed E-state index contributed by atoms with van der Waals surface area (Å²) >= 11 is 0. The zero-order chi connectivity index (χ0) is 12.3. The smallest absolute Gasteiger partial charge is 0.248 e. The number of likely N-dealkylation sites (N-methyl/N-ethyl adjacent to an activating group) is 1. The average molecular weight is 240 g/mol. The molecule has 0 saturated heterocycles. The van der Waals surface area contributed by atoms with Crippen LogP contribution in [0.5, 0.6) is 0 Å². The highest BCUT2D eigenvalue weighted by Crippen LogP contribution is 2.31. The van der Waals surface area contributed by atoms with Crippen molar-refractivity contribution in [2.45, 2.75) is 56.6 Å². The van der Waals surface area contributed by atoms with Gasteiger partial charge in [0.2, 0.25) is 5.91 Å². The maximum absolute atomic E-state index is 11.9. The van der Waals surface area contributed by atoms with Gasteiger partial charge in [-0.15, -0.1) is 0 Å². The van der Waals surface area contributed by atoms with E-state index in [1.165, 1.54) is 19.3 Å². The minimum atomic E-state index is -0.224. The molecule has 2 saturated carbocycles. The molecule has 0 atom stereocenters. The Morgan fingerprint density at radius 3 is 2.53 bits per heavy atom. The summed E-state index contributed by atoms with van der Waals surface area (Å²) in [4.78, 5) is 13.7. The van der Waals surface area contributed by atoms with Crippen molar-refractivity contribution < 1.29 is 9.53 Å². The molecule has 0 heterocycles. The second-order valence-electron chi connectivity index (χ2n) is 5.47. The van der Waals surface area contributed by atoms with E-state index in [9.17, 15) is 4.79 Å². The Kier molecular flexibility index (Phi) is 4.05. The lowest BCUT2D eigenvalue weighted by atomic mass is 9.85. The quantitative estimate of drug-likeness (QED) is 0.787. The fraction of sp³-hybridized carbons (Fsp3) is 0.923. The number of nitrogens with zero attached hydrogens (tertiary/aromatic N) is 1. The largest absolute Gasteiger partial charge is 0.364 e. The number of nitrogens with two attached hydrogens (primary N) is 1. The molecule has 4 nitrogen and oxygen atoms in total. The third kappa shape index (κ3) is 3.19. The summed E-state index contributed by atoms with van der Waals surface area (Å²) in [5.74, 6) is 0.103. The molecule has 2 N–H and O–H groups in total. The fourth-order valence-corrected chi connectivity index (χ4v) is 2.59. The Bertz CT molecular complexity index is 271. The van der Waals surface area contributed by atoms with Crippen LogP contribution in [0, 0.1) is 0 Å². The summed E-state index contributed by atoms with van der Waals surface area (Å²) in [6.07, 6.45) is 7.90. The summed E-state index contributed by atoms with van der Waals surface area (Å²) in [7, 11) is 1.87. The van der Waals surface area contributed by atoms with Crippen LogP contribution in [0.2, 0.25) is 0 Å². The van der Waals surface area contributed by atoms with Crippen molar-refractivity contribution in [3.05, 3.63) is 0 Å². The Balaban J connectivity index is 1.80. The van der Waals surface area contributed by atoms with Gasteiger partial charge >= 0.3 is 0 Å². The fourth-order valence-electron chi connectivity index (χ4n) is 2.59. The number of hydrogen-bond acceptors (Lipinski definition) is 3. The first-order chi connectivity index (χ1) is 8.17. The summed E-state index contributed by atoms with van der Waals surface area (Å²) in [6, 6.07) is 0.464. The van der Waals surface area contributed by atoms with Crippen LogP contribution < -0.4 is 5.73 Å². The Morgan fingerprint density at radius 2 is 2.00 bits per heavy atom. The molecule has 1 amide bonds. The predicted octanol–water partition coefficient (Wildman–Crippen LogP) is 1.29. The molecule has 17 heavy (non-hydrogen) atoms. The number of carbonyl (C=O) groups excluding carboxylic acids is 1. The minimum absolute atomic E-state index is 0.103. The predicted molar refractivity (Wildman–Crippen MR) is 66.6 cm³/mol. The van der Waals surface area contributed by atoms with E-state index in [0.717, 1.165) is 25.7 Å². The van der Waals surface area contributed by atoms with E-state index in [2.05, 4.69) is 0 Å². The molecule has 98 valence electrons. The lowest BCUT2D eigenvalue weighted by molar-refractivity contribution is -0.144. The molecule has 0 radical (unpaired) electrons. The highest BCUT2D eigenvalue weighted by Gasteiger charge is 2.34. The molecule has 0 aromatic heterocycles. The van der Waals surface area contributed by atoms with Crippen LogP contribution in [0.1, 0.15) is 44.9 Å². The van der Waals surface area contributed by atoms with E-state index >= 15 is 0 Å². The monoisotopic (exact) mass is 240 g/mol. The van der Waals surface area contributed by atoms with Crippen molar-refractivity contribution in [3.63, 3.8) is 0 Å². The van der Waals surface area contributed by atoms with Crippen LogP contribution >= 0.6 is 0 Å². The molecule has 0 spiro atoms. The first kappa shape index (κ1) is 12.8. The van der Waals surface area contributed by atoms with Gasteiger partial charge in [0.05, 0.1) is 5.60 Å². The van der Waals surface area contributed by atoms with Gasteiger partial charge in [-0.05, 0) is 25.7 Å². The van der Waals surface area contributed by atoms with E-state index in [1.54, 1.807) is 0 Å². The number of ether oxygens (including phenoxy) is 1. The van der Waals surface area contributed by atoms with E-state index in [1.807, 2.05) is 11.9 Å². The van der Waals surface area contributed by atoms with Crippen LogP contribution in [0.3, 0.4) is 0 Å². The molecular weight excluding hydrogens is 216 g/mol. The third-order valence-electron chi connectivity index (χ3n) is 4.13. The van der Waals surface area contributed by atoms with E-state index in [4.69, 9.17) is 10.5 Å². The van der Waals surface area contributed by atoms with E-state index < -0.39 is 0 Å². The molecule has 0 unspecified atom stereocenters. The summed E-state index contributed by atoms with van der Waals surface area (Å²) in [5.41, 5.74) is 5.60. The zero-order valence-corrected chi connectivity index (χ0v) is 10.8. The molecule has 0 aromatic rings. The van der Waals surface area contributed by atoms with Gasteiger partial charge in [-0.2, -0.15) is 0 Å². The normalized spacial score (nSPS) is 23.4. The number of amides is 1. The molecule has 2 rings (SSSR count). The SMILES string of the molecule is CN(C(=O)COC1(CN)CCCCC1)C1CC1.